The van der Waals surface area contributed by atoms with Crippen LogP contribution in [0.5, 0.6) is 0 Å². The maximum atomic E-state index is 9.40. The van der Waals surface area contributed by atoms with E-state index in [1.807, 2.05) is 30.5 Å². The highest BCUT2D eigenvalue weighted by Gasteiger charge is 2.21. The van der Waals surface area contributed by atoms with E-state index in [2.05, 4.69) is 23.0 Å². The zero-order valence-electron chi connectivity index (χ0n) is 15.8. The molecule has 1 aromatic carbocycles. The van der Waals surface area contributed by atoms with Gasteiger partial charge in [0.1, 0.15) is 6.33 Å². The van der Waals surface area contributed by atoms with Crippen LogP contribution in [0.3, 0.4) is 0 Å². The number of hydrogen-bond donors (Lipinski definition) is 0. The standard InChI is InChI=1S/C23H29N3/c1-2-3-6-18-9-11-19(12-10-18)13-14-21-16-25-17-26-23(21)22-8-5-4-7-20(22)15-24/h4-5,7-8,16-19H,2-3,6,9-14H2,1H3. The normalized spacial score (nSPS) is 19.8. The lowest BCUT2D eigenvalue weighted by atomic mass is 9.78. The smallest absolute Gasteiger partial charge is 0.116 e. The first-order valence-electron chi connectivity index (χ1n) is 10.1. The van der Waals surface area contributed by atoms with Gasteiger partial charge >= 0.3 is 0 Å². The van der Waals surface area contributed by atoms with Crippen molar-refractivity contribution in [3.63, 3.8) is 0 Å². The van der Waals surface area contributed by atoms with Crippen molar-refractivity contribution in [3.8, 4) is 17.3 Å². The molecule has 1 aromatic heterocycles. The third kappa shape index (κ3) is 4.69. The van der Waals surface area contributed by atoms with E-state index in [0.717, 1.165) is 29.5 Å². The zero-order valence-corrected chi connectivity index (χ0v) is 15.8. The van der Waals surface area contributed by atoms with Gasteiger partial charge in [-0.1, -0.05) is 70.1 Å². The summed E-state index contributed by atoms with van der Waals surface area (Å²) in [5.41, 5.74) is 3.71. The van der Waals surface area contributed by atoms with E-state index in [1.54, 1.807) is 6.33 Å². The molecule has 0 unspecified atom stereocenters. The van der Waals surface area contributed by atoms with Crippen molar-refractivity contribution in [2.45, 2.75) is 64.7 Å². The lowest BCUT2D eigenvalue weighted by molar-refractivity contribution is 0.250. The fraction of sp³-hybridized carbons (Fsp3) is 0.522. The van der Waals surface area contributed by atoms with E-state index in [1.165, 1.54) is 56.9 Å². The average Bonchev–Trinajstić information content (AvgIpc) is 2.71. The molecule has 0 bridgehead atoms. The number of nitriles is 1. The fourth-order valence-corrected chi connectivity index (χ4v) is 4.23. The van der Waals surface area contributed by atoms with Crippen LogP contribution in [-0.4, -0.2) is 9.97 Å². The maximum Gasteiger partial charge on any atom is 0.116 e. The van der Waals surface area contributed by atoms with Gasteiger partial charge in [0.15, 0.2) is 0 Å². The summed E-state index contributed by atoms with van der Waals surface area (Å²) in [7, 11) is 0. The molecular formula is C23H29N3. The number of rotatable bonds is 7. The number of aryl methyl sites for hydroxylation is 1. The molecular weight excluding hydrogens is 318 g/mol. The summed E-state index contributed by atoms with van der Waals surface area (Å²) in [5.74, 6) is 1.79. The SMILES string of the molecule is CCCCC1CCC(CCc2cncnc2-c2ccccc2C#N)CC1. The Hall–Kier alpha value is -2.21. The maximum absolute atomic E-state index is 9.40. The van der Waals surface area contributed by atoms with Gasteiger partial charge in [0.05, 0.1) is 17.3 Å². The minimum Gasteiger partial charge on any atom is -0.244 e. The van der Waals surface area contributed by atoms with Gasteiger partial charge in [-0.2, -0.15) is 5.26 Å². The summed E-state index contributed by atoms with van der Waals surface area (Å²) < 4.78 is 0. The van der Waals surface area contributed by atoms with Crippen molar-refractivity contribution < 1.29 is 0 Å². The first-order valence-corrected chi connectivity index (χ1v) is 10.1. The number of hydrogen-bond acceptors (Lipinski definition) is 3. The second-order valence-electron chi connectivity index (χ2n) is 7.62. The van der Waals surface area contributed by atoms with Crippen molar-refractivity contribution in [1.29, 1.82) is 5.26 Å². The van der Waals surface area contributed by atoms with Crippen molar-refractivity contribution in [3.05, 3.63) is 47.9 Å². The Balaban J connectivity index is 1.63. The molecule has 136 valence electrons. The van der Waals surface area contributed by atoms with E-state index in [9.17, 15) is 5.26 Å². The Morgan fingerprint density at radius 3 is 2.54 bits per heavy atom. The van der Waals surface area contributed by atoms with Crippen LogP contribution in [-0.2, 0) is 6.42 Å². The van der Waals surface area contributed by atoms with Gasteiger partial charge in [0.2, 0.25) is 0 Å². The Bertz CT molecular complexity index is 739. The number of nitrogens with zero attached hydrogens (tertiary/aromatic N) is 3. The van der Waals surface area contributed by atoms with Gasteiger partial charge in [-0.15, -0.1) is 0 Å². The molecule has 0 aliphatic heterocycles. The van der Waals surface area contributed by atoms with Gasteiger partial charge in [0.25, 0.3) is 0 Å². The van der Waals surface area contributed by atoms with Crippen molar-refractivity contribution in [2.24, 2.45) is 11.8 Å². The van der Waals surface area contributed by atoms with E-state index in [0.29, 0.717) is 5.56 Å². The van der Waals surface area contributed by atoms with E-state index >= 15 is 0 Å². The molecule has 1 aliphatic rings. The second kappa shape index (κ2) is 9.48. The first-order chi connectivity index (χ1) is 12.8. The Morgan fingerprint density at radius 2 is 1.81 bits per heavy atom. The molecule has 0 saturated heterocycles. The summed E-state index contributed by atoms with van der Waals surface area (Å²) in [6.07, 6.45) is 15.4. The van der Waals surface area contributed by atoms with Crippen molar-refractivity contribution >= 4 is 0 Å². The highest BCUT2D eigenvalue weighted by Crippen LogP contribution is 2.35. The first kappa shape index (κ1) is 18.6. The van der Waals surface area contributed by atoms with Crippen LogP contribution in [0.1, 0.15) is 69.4 Å². The van der Waals surface area contributed by atoms with Crippen LogP contribution < -0.4 is 0 Å². The lowest BCUT2D eigenvalue weighted by Crippen LogP contribution is -2.15. The summed E-state index contributed by atoms with van der Waals surface area (Å²) in [5, 5.41) is 9.40. The molecule has 1 fully saturated rings. The van der Waals surface area contributed by atoms with E-state index in [4.69, 9.17) is 0 Å². The molecule has 1 saturated carbocycles. The van der Waals surface area contributed by atoms with Crippen LogP contribution in [0.2, 0.25) is 0 Å². The minimum atomic E-state index is 0.684. The predicted molar refractivity (Wildman–Crippen MR) is 105 cm³/mol. The number of unbranched alkanes of at least 4 members (excludes halogenated alkanes) is 1. The van der Waals surface area contributed by atoms with Gasteiger partial charge in [-0.3, -0.25) is 0 Å². The fourth-order valence-electron chi connectivity index (χ4n) is 4.23. The minimum absolute atomic E-state index is 0.684. The van der Waals surface area contributed by atoms with E-state index in [-0.39, 0.29) is 0 Å². The monoisotopic (exact) mass is 347 g/mol. The third-order valence-corrected chi connectivity index (χ3v) is 5.84. The number of benzene rings is 1. The highest BCUT2D eigenvalue weighted by molar-refractivity contribution is 5.69. The summed E-state index contributed by atoms with van der Waals surface area (Å²) in [4.78, 5) is 8.75. The molecule has 1 heterocycles. The molecule has 0 radical (unpaired) electrons. The van der Waals surface area contributed by atoms with Gasteiger partial charge in [-0.25, -0.2) is 9.97 Å². The molecule has 0 atom stereocenters. The molecule has 0 N–H and O–H groups in total. The Labute approximate surface area is 157 Å². The molecule has 0 spiro atoms. The summed E-state index contributed by atoms with van der Waals surface area (Å²) >= 11 is 0. The summed E-state index contributed by atoms with van der Waals surface area (Å²) in [6.45, 7) is 2.29. The summed E-state index contributed by atoms with van der Waals surface area (Å²) in [6, 6.07) is 10.0. The molecule has 1 aliphatic carbocycles. The van der Waals surface area contributed by atoms with Gasteiger partial charge in [0, 0.05) is 11.8 Å². The molecule has 2 aromatic rings. The van der Waals surface area contributed by atoms with Crippen LogP contribution in [0, 0.1) is 23.2 Å². The third-order valence-electron chi connectivity index (χ3n) is 5.84. The quantitative estimate of drug-likeness (QED) is 0.622. The van der Waals surface area contributed by atoms with Crippen molar-refractivity contribution in [1.82, 2.24) is 9.97 Å². The Kier molecular flexibility index (Phi) is 6.77. The predicted octanol–water partition coefficient (Wildman–Crippen LogP) is 5.94. The molecule has 3 heteroatoms. The Morgan fingerprint density at radius 1 is 1.08 bits per heavy atom. The zero-order chi connectivity index (χ0) is 18.2. The van der Waals surface area contributed by atoms with Crippen LogP contribution in [0.15, 0.2) is 36.8 Å². The number of aromatic nitrogens is 2. The topological polar surface area (TPSA) is 49.6 Å². The van der Waals surface area contributed by atoms with Gasteiger partial charge < -0.3 is 0 Å². The highest BCUT2D eigenvalue weighted by atomic mass is 14.8. The largest absolute Gasteiger partial charge is 0.244 e. The van der Waals surface area contributed by atoms with Crippen molar-refractivity contribution in [2.75, 3.05) is 0 Å². The molecule has 3 nitrogen and oxygen atoms in total. The molecule has 0 amide bonds. The molecule has 3 rings (SSSR count). The van der Waals surface area contributed by atoms with Crippen LogP contribution >= 0.6 is 0 Å². The molecule has 26 heavy (non-hydrogen) atoms. The van der Waals surface area contributed by atoms with Crippen LogP contribution in [0.25, 0.3) is 11.3 Å². The average molecular weight is 348 g/mol. The van der Waals surface area contributed by atoms with Gasteiger partial charge in [-0.05, 0) is 36.3 Å². The van der Waals surface area contributed by atoms with Crippen LogP contribution in [0.4, 0.5) is 0 Å². The van der Waals surface area contributed by atoms with E-state index < -0.39 is 0 Å². The second-order valence-corrected chi connectivity index (χ2v) is 7.62. The lowest BCUT2D eigenvalue weighted by Gasteiger charge is -2.28.